The molecule has 0 aromatic heterocycles. The molecule has 6 heteroatoms. The Kier molecular flexibility index (Phi) is 15.4. The van der Waals surface area contributed by atoms with Gasteiger partial charge >= 0.3 is 9.53 Å². The van der Waals surface area contributed by atoms with Crippen LogP contribution in [0.25, 0.3) is 0 Å². The van der Waals surface area contributed by atoms with E-state index < -0.39 is 9.53 Å². The van der Waals surface area contributed by atoms with Gasteiger partial charge in [0.2, 0.25) is 0 Å². The van der Waals surface area contributed by atoms with Gasteiger partial charge in [0.25, 0.3) is 0 Å². The van der Waals surface area contributed by atoms with Crippen LogP contribution < -0.4 is 0 Å². The third kappa shape index (κ3) is 9.52. The van der Waals surface area contributed by atoms with Gasteiger partial charge in [0.1, 0.15) is 0 Å². The SMILES string of the molecule is CCO[Si](OCC)OCC.N#N. The molecule has 0 saturated heterocycles. The first-order valence-electron chi connectivity index (χ1n) is 3.80. The molecule has 0 heterocycles. The summed E-state index contributed by atoms with van der Waals surface area (Å²) in [5, 5.41) is 12.0. The van der Waals surface area contributed by atoms with Gasteiger partial charge in [-0.25, -0.2) is 0 Å². The molecule has 0 spiro atoms. The van der Waals surface area contributed by atoms with Crippen LogP contribution in [-0.4, -0.2) is 29.3 Å². The van der Waals surface area contributed by atoms with E-state index in [1.165, 1.54) is 0 Å². The first-order valence-corrected chi connectivity index (χ1v) is 5.02. The molecule has 71 valence electrons. The first kappa shape index (κ1) is 14.1. The maximum Gasteiger partial charge on any atom is 0.577 e. The standard InChI is InChI=1S/C6H15O3Si.N2/c1-4-7-10(8-5-2)9-6-3;1-2/h4-6H2,1-3H3;. The van der Waals surface area contributed by atoms with Gasteiger partial charge in [0, 0.05) is 30.6 Å². The second-order valence-electron chi connectivity index (χ2n) is 1.55. The van der Waals surface area contributed by atoms with E-state index in [1.54, 1.807) is 0 Å². The predicted molar refractivity (Wildman–Crippen MR) is 44.1 cm³/mol. The minimum absolute atomic E-state index is 0.661. The van der Waals surface area contributed by atoms with E-state index in [0.717, 1.165) is 0 Å². The molecule has 0 fully saturated rings. The van der Waals surface area contributed by atoms with Crippen molar-refractivity contribution >= 4 is 9.53 Å². The molecule has 0 amide bonds. The minimum atomic E-state index is -1.40. The summed E-state index contributed by atoms with van der Waals surface area (Å²) in [7, 11) is -1.40. The normalized spacial score (nSPS) is 9.17. The van der Waals surface area contributed by atoms with Gasteiger partial charge in [0.15, 0.2) is 0 Å². The van der Waals surface area contributed by atoms with E-state index in [-0.39, 0.29) is 0 Å². The molecule has 1 radical (unpaired) electrons. The van der Waals surface area contributed by atoms with Crippen LogP contribution in [0.5, 0.6) is 0 Å². The van der Waals surface area contributed by atoms with Crippen LogP contribution in [0.4, 0.5) is 0 Å². The van der Waals surface area contributed by atoms with Crippen molar-refractivity contribution in [1.29, 1.82) is 10.8 Å². The fourth-order valence-corrected chi connectivity index (χ4v) is 1.44. The summed E-state index contributed by atoms with van der Waals surface area (Å²) in [5.41, 5.74) is 0. The van der Waals surface area contributed by atoms with E-state index in [4.69, 9.17) is 24.1 Å². The van der Waals surface area contributed by atoms with Crippen molar-refractivity contribution in [2.24, 2.45) is 0 Å². The fraction of sp³-hybridized carbons (Fsp3) is 1.00. The summed E-state index contributed by atoms with van der Waals surface area (Å²) in [6.07, 6.45) is 0. The van der Waals surface area contributed by atoms with Crippen LogP contribution in [0, 0.1) is 10.8 Å². The lowest BCUT2D eigenvalue weighted by Crippen LogP contribution is -2.27. The van der Waals surface area contributed by atoms with Gasteiger partial charge in [-0.1, -0.05) is 0 Å². The van der Waals surface area contributed by atoms with Gasteiger partial charge in [-0.05, 0) is 20.8 Å². The summed E-state index contributed by atoms with van der Waals surface area (Å²) in [6, 6.07) is 0. The van der Waals surface area contributed by atoms with Crippen molar-refractivity contribution < 1.29 is 13.3 Å². The lowest BCUT2D eigenvalue weighted by molar-refractivity contribution is 0.107. The Balaban J connectivity index is 0. The zero-order chi connectivity index (χ0) is 9.82. The Bertz CT molecular complexity index is 87.8. The van der Waals surface area contributed by atoms with Crippen LogP contribution in [0.15, 0.2) is 0 Å². The van der Waals surface area contributed by atoms with Crippen molar-refractivity contribution in [2.75, 3.05) is 19.8 Å². The van der Waals surface area contributed by atoms with Gasteiger partial charge in [0.05, 0.1) is 0 Å². The molecule has 0 atom stereocenters. The number of nitrogens with zero attached hydrogens (tertiary/aromatic N) is 2. The third-order valence-corrected chi connectivity index (χ3v) is 2.36. The maximum atomic E-state index is 6.00. The molecule has 0 N–H and O–H groups in total. The van der Waals surface area contributed by atoms with Crippen molar-refractivity contribution in [3.8, 4) is 0 Å². The molecule has 0 aliphatic rings. The van der Waals surface area contributed by atoms with Crippen molar-refractivity contribution in [1.82, 2.24) is 0 Å². The molecule has 0 aromatic rings. The molecular formula is C6H15N2O3Si. The summed E-state index contributed by atoms with van der Waals surface area (Å²) in [6.45, 7) is 7.78. The van der Waals surface area contributed by atoms with Crippen LogP contribution in [0.2, 0.25) is 0 Å². The minimum Gasteiger partial charge on any atom is -0.371 e. The zero-order valence-electron chi connectivity index (χ0n) is 7.74. The highest BCUT2D eigenvalue weighted by atomic mass is 28.3. The maximum absolute atomic E-state index is 6.00. The lowest BCUT2D eigenvalue weighted by Gasteiger charge is -2.10. The number of rotatable bonds is 6. The topological polar surface area (TPSA) is 75.3 Å². The Morgan fingerprint density at radius 1 is 0.833 bits per heavy atom. The molecule has 0 saturated carbocycles. The highest BCUT2D eigenvalue weighted by Gasteiger charge is 2.15. The Labute approximate surface area is 75.0 Å². The van der Waals surface area contributed by atoms with E-state index in [9.17, 15) is 0 Å². The highest BCUT2D eigenvalue weighted by Crippen LogP contribution is 1.90. The zero-order valence-corrected chi connectivity index (χ0v) is 8.74. The molecule has 0 bridgehead atoms. The lowest BCUT2D eigenvalue weighted by atomic mass is 10.9. The van der Waals surface area contributed by atoms with Gasteiger partial charge < -0.3 is 13.3 Å². The third-order valence-electron chi connectivity index (χ3n) is 0.787. The second-order valence-corrected chi connectivity index (χ2v) is 2.92. The average molecular weight is 191 g/mol. The molecule has 0 unspecified atom stereocenters. The van der Waals surface area contributed by atoms with Crippen molar-refractivity contribution in [3.63, 3.8) is 0 Å². The van der Waals surface area contributed by atoms with E-state index >= 15 is 0 Å². The first-order chi connectivity index (χ1) is 5.85. The van der Waals surface area contributed by atoms with Gasteiger partial charge in [-0.2, -0.15) is 0 Å². The van der Waals surface area contributed by atoms with E-state index in [1.807, 2.05) is 20.8 Å². The van der Waals surface area contributed by atoms with Gasteiger partial charge in [-0.15, -0.1) is 0 Å². The number of hydrogen-bond donors (Lipinski definition) is 0. The summed E-state index contributed by atoms with van der Waals surface area (Å²) < 4.78 is 15.5. The molecular weight excluding hydrogens is 176 g/mol. The Hall–Kier alpha value is -0.483. The molecule has 0 aliphatic carbocycles. The van der Waals surface area contributed by atoms with E-state index in [0.29, 0.717) is 19.8 Å². The highest BCUT2D eigenvalue weighted by molar-refractivity contribution is 6.36. The van der Waals surface area contributed by atoms with Crippen LogP contribution in [0.3, 0.4) is 0 Å². The summed E-state index contributed by atoms with van der Waals surface area (Å²) in [4.78, 5) is 0. The monoisotopic (exact) mass is 191 g/mol. The Morgan fingerprint density at radius 3 is 1.25 bits per heavy atom. The number of hydrogen-bond acceptors (Lipinski definition) is 5. The average Bonchev–Trinajstić information content (AvgIpc) is 2.10. The van der Waals surface area contributed by atoms with Crippen LogP contribution >= 0.6 is 0 Å². The molecule has 5 nitrogen and oxygen atoms in total. The van der Waals surface area contributed by atoms with Gasteiger partial charge in [-0.3, -0.25) is 0 Å². The molecule has 0 aliphatic heterocycles. The largest absolute Gasteiger partial charge is 0.577 e. The van der Waals surface area contributed by atoms with Crippen LogP contribution in [0.1, 0.15) is 20.8 Å². The molecule has 0 aromatic carbocycles. The second kappa shape index (κ2) is 13.1. The summed E-state index contributed by atoms with van der Waals surface area (Å²) in [5.74, 6) is 0. The van der Waals surface area contributed by atoms with Crippen LogP contribution in [-0.2, 0) is 13.3 Å². The quantitative estimate of drug-likeness (QED) is 0.464. The molecule has 12 heavy (non-hydrogen) atoms. The smallest absolute Gasteiger partial charge is 0.371 e. The predicted octanol–water partition coefficient (Wildman–Crippen LogP) is 1.11. The van der Waals surface area contributed by atoms with Crippen molar-refractivity contribution in [2.45, 2.75) is 20.8 Å². The van der Waals surface area contributed by atoms with Crippen molar-refractivity contribution in [3.05, 3.63) is 0 Å². The fourth-order valence-electron chi connectivity index (χ4n) is 0.479. The Morgan fingerprint density at radius 2 is 1.08 bits per heavy atom. The van der Waals surface area contributed by atoms with E-state index in [2.05, 4.69) is 0 Å². The summed E-state index contributed by atoms with van der Waals surface area (Å²) >= 11 is 0. The molecule has 0 rings (SSSR count).